The molecule has 0 spiro atoms. The van der Waals surface area contributed by atoms with Crippen molar-refractivity contribution in [2.45, 2.75) is 6.42 Å². The van der Waals surface area contributed by atoms with Crippen molar-refractivity contribution in [1.29, 1.82) is 0 Å². The van der Waals surface area contributed by atoms with Gasteiger partial charge < -0.3 is 15.4 Å². The molecule has 0 saturated carbocycles. The molecule has 2 rings (SSSR count). The van der Waals surface area contributed by atoms with Crippen molar-refractivity contribution < 1.29 is 9.53 Å². The van der Waals surface area contributed by atoms with Crippen LogP contribution in [0.3, 0.4) is 0 Å². The Labute approximate surface area is 112 Å². The maximum atomic E-state index is 11.1. The Morgan fingerprint density at radius 2 is 2.05 bits per heavy atom. The summed E-state index contributed by atoms with van der Waals surface area (Å²) in [4.78, 5) is 15.5. The highest BCUT2D eigenvalue weighted by Gasteiger charge is 2.18. The molecule has 2 heterocycles. The fourth-order valence-corrected chi connectivity index (χ4v) is 2.06. The van der Waals surface area contributed by atoms with E-state index in [9.17, 15) is 4.79 Å². The Morgan fingerprint density at radius 3 is 2.63 bits per heavy atom. The summed E-state index contributed by atoms with van der Waals surface area (Å²) in [7, 11) is 1.42. The van der Waals surface area contributed by atoms with E-state index >= 15 is 0 Å². The number of nitrogen functional groups attached to an aromatic ring is 1. The van der Waals surface area contributed by atoms with Crippen LogP contribution < -0.4 is 10.6 Å². The first-order chi connectivity index (χ1) is 9.19. The van der Waals surface area contributed by atoms with Crippen LogP contribution in [0.25, 0.3) is 0 Å². The van der Waals surface area contributed by atoms with Crippen LogP contribution in [0, 0.1) is 0 Å². The average molecular weight is 265 g/mol. The molecule has 19 heavy (non-hydrogen) atoms. The third-order valence-electron chi connectivity index (χ3n) is 3.23. The third kappa shape index (κ3) is 3.78. The molecule has 1 aromatic heterocycles. The number of hydrogen-bond acceptors (Lipinski definition) is 7. The minimum atomic E-state index is -0.160. The first-order valence-corrected chi connectivity index (χ1v) is 6.32. The molecule has 1 saturated heterocycles. The van der Waals surface area contributed by atoms with Gasteiger partial charge in [0.05, 0.1) is 13.5 Å². The van der Waals surface area contributed by atoms with Crippen LogP contribution in [0.1, 0.15) is 6.42 Å². The lowest BCUT2D eigenvalue weighted by atomic mass is 10.3. The molecule has 1 aliphatic rings. The van der Waals surface area contributed by atoms with Crippen LogP contribution in [-0.4, -0.2) is 60.9 Å². The zero-order chi connectivity index (χ0) is 13.7. The van der Waals surface area contributed by atoms with Gasteiger partial charge in [-0.3, -0.25) is 9.69 Å². The van der Waals surface area contributed by atoms with Crippen LogP contribution in [0.4, 0.5) is 11.6 Å². The van der Waals surface area contributed by atoms with Gasteiger partial charge in [-0.1, -0.05) is 0 Å². The topological polar surface area (TPSA) is 84.6 Å². The second-order valence-corrected chi connectivity index (χ2v) is 4.47. The number of nitrogens with two attached hydrogens (primary N) is 1. The monoisotopic (exact) mass is 265 g/mol. The molecule has 2 N–H and O–H groups in total. The van der Waals surface area contributed by atoms with E-state index in [1.807, 2.05) is 6.07 Å². The van der Waals surface area contributed by atoms with E-state index in [0.717, 1.165) is 38.5 Å². The predicted molar refractivity (Wildman–Crippen MR) is 71.7 cm³/mol. The fourth-order valence-electron chi connectivity index (χ4n) is 2.06. The molecule has 0 atom stereocenters. The van der Waals surface area contributed by atoms with E-state index in [-0.39, 0.29) is 5.97 Å². The molecule has 0 radical (unpaired) electrons. The van der Waals surface area contributed by atoms with E-state index in [1.54, 1.807) is 6.07 Å². The van der Waals surface area contributed by atoms with Crippen molar-refractivity contribution in [1.82, 2.24) is 15.1 Å². The lowest BCUT2D eigenvalue weighted by molar-refractivity contribution is -0.141. The molecular weight excluding hydrogens is 246 g/mol. The minimum Gasteiger partial charge on any atom is -0.469 e. The largest absolute Gasteiger partial charge is 0.469 e. The summed E-state index contributed by atoms with van der Waals surface area (Å²) >= 11 is 0. The number of carbonyl (C=O) groups is 1. The van der Waals surface area contributed by atoms with Crippen molar-refractivity contribution >= 4 is 17.6 Å². The van der Waals surface area contributed by atoms with Crippen molar-refractivity contribution in [3.05, 3.63) is 12.1 Å². The van der Waals surface area contributed by atoms with E-state index < -0.39 is 0 Å². The summed E-state index contributed by atoms with van der Waals surface area (Å²) in [6, 6.07) is 3.64. The molecule has 0 aliphatic carbocycles. The van der Waals surface area contributed by atoms with Crippen LogP contribution in [-0.2, 0) is 9.53 Å². The Balaban J connectivity index is 1.79. The maximum absolute atomic E-state index is 11.1. The lowest BCUT2D eigenvalue weighted by Crippen LogP contribution is -2.47. The van der Waals surface area contributed by atoms with Crippen molar-refractivity contribution in [3.8, 4) is 0 Å². The minimum absolute atomic E-state index is 0.160. The van der Waals surface area contributed by atoms with Crippen molar-refractivity contribution in [3.63, 3.8) is 0 Å². The normalized spacial score (nSPS) is 16.4. The van der Waals surface area contributed by atoms with Gasteiger partial charge in [0.2, 0.25) is 0 Å². The van der Waals surface area contributed by atoms with Gasteiger partial charge in [0.15, 0.2) is 5.82 Å². The molecule has 1 aliphatic heterocycles. The summed E-state index contributed by atoms with van der Waals surface area (Å²) in [5.74, 6) is 1.12. The van der Waals surface area contributed by atoms with Crippen molar-refractivity contribution in [2.24, 2.45) is 0 Å². The number of rotatable bonds is 4. The molecule has 0 unspecified atom stereocenters. The SMILES string of the molecule is COC(=O)CCN1CCN(c2ccc(N)nn2)CC1. The van der Waals surface area contributed by atoms with Crippen LogP contribution in [0.5, 0.6) is 0 Å². The Kier molecular flexibility index (Phi) is 4.51. The summed E-state index contributed by atoms with van der Waals surface area (Å²) in [5.41, 5.74) is 5.52. The Hall–Kier alpha value is -1.89. The van der Waals surface area contributed by atoms with Gasteiger partial charge in [0, 0.05) is 32.7 Å². The van der Waals surface area contributed by atoms with Crippen LogP contribution >= 0.6 is 0 Å². The van der Waals surface area contributed by atoms with Crippen LogP contribution in [0.15, 0.2) is 12.1 Å². The molecule has 0 amide bonds. The summed E-state index contributed by atoms with van der Waals surface area (Å²) in [6.45, 7) is 4.31. The number of piperazine rings is 1. The highest BCUT2D eigenvalue weighted by Crippen LogP contribution is 2.13. The Bertz CT molecular complexity index is 415. The van der Waals surface area contributed by atoms with Gasteiger partial charge in [-0.05, 0) is 12.1 Å². The van der Waals surface area contributed by atoms with E-state index in [1.165, 1.54) is 7.11 Å². The van der Waals surface area contributed by atoms with E-state index in [0.29, 0.717) is 12.2 Å². The van der Waals surface area contributed by atoms with Gasteiger partial charge in [-0.2, -0.15) is 0 Å². The van der Waals surface area contributed by atoms with Crippen molar-refractivity contribution in [2.75, 3.05) is 50.5 Å². The highest BCUT2D eigenvalue weighted by atomic mass is 16.5. The fraction of sp³-hybridized carbons (Fsp3) is 0.583. The van der Waals surface area contributed by atoms with Crippen LogP contribution in [0.2, 0.25) is 0 Å². The second-order valence-electron chi connectivity index (χ2n) is 4.47. The van der Waals surface area contributed by atoms with E-state index in [2.05, 4.69) is 24.7 Å². The maximum Gasteiger partial charge on any atom is 0.306 e. The lowest BCUT2D eigenvalue weighted by Gasteiger charge is -2.34. The molecule has 0 bridgehead atoms. The zero-order valence-electron chi connectivity index (χ0n) is 11.1. The predicted octanol–water partition coefficient (Wildman–Crippen LogP) is -0.256. The molecule has 104 valence electrons. The first-order valence-electron chi connectivity index (χ1n) is 6.32. The standard InChI is InChI=1S/C12H19N5O2/c1-19-12(18)4-5-16-6-8-17(9-7-16)11-3-2-10(13)14-15-11/h2-3H,4-9H2,1H3,(H2,13,14). The summed E-state index contributed by atoms with van der Waals surface area (Å²) in [5, 5.41) is 7.93. The number of hydrogen-bond donors (Lipinski definition) is 1. The number of methoxy groups -OCH3 is 1. The molecule has 1 fully saturated rings. The highest BCUT2D eigenvalue weighted by molar-refractivity contribution is 5.69. The number of carbonyl (C=O) groups excluding carboxylic acids is 1. The summed E-state index contributed by atoms with van der Waals surface area (Å²) in [6.07, 6.45) is 0.443. The number of anilines is 2. The second kappa shape index (κ2) is 6.33. The molecular formula is C12H19N5O2. The summed E-state index contributed by atoms with van der Waals surface area (Å²) < 4.78 is 4.64. The molecule has 7 heteroatoms. The van der Waals surface area contributed by atoms with Gasteiger partial charge in [-0.25, -0.2) is 0 Å². The van der Waals surface area contributed by atoms with Gasteiger partial charge in [-0.15, -0.1) is 10.2 Å². The average Bonchev–Trinajstić information content (AvgIpc) is 2.46. The molecule has 7 nitrogen and oxygen atoms in total. The van der Waals surface area contributed by atoms with Gasteiger partial charge in [0.25, 0.3) is 0 Å². The zero-order valence-corrected chi connectivity index (χ0v) is 11.1. The van der Waals surface area contributed by atoms with Gasteiger partial charge >= 0.3 is 5.97 Å². The first kappa shape index (κ1) is 13.5. The smallest absolute Gasteiger partial charge is 0.306 e. The molecule has 1 aromatic rings. The number of aromatic nitrogens is 2. The Morgan fingerprint density at radius 1 is 1.32 bits per heavy atom. The molecule has 0 aromatic carbocycles. The van der Waals surface area contributed by atoms with E-state index in [4.69, 9.17) is 5.73 Å². The number of nitrogens with zero attached hydrogens (tertiary/aromatic N) is 4. The third-order valence-corrected chi connectivity index (χ3v) is 3.23. The number of esters is 1. The quantitative estimate of drug-likeness (QED) is 0.751. The van der Waals surface area contributed by atoms with Gasteiger partial charge in [0.1, 0.15) is 5.82 Å². The number of ether oxygens (including phenoxy) is 1.